The van der Waals surface area contributed by atoms with Gasteiger partial charge in [0.2, 0.25) is 9.84 Å². The topological polar surface area (TPSA) is 96.5 Å². The van der Waals surface area contributed by atoms with E-state index >= 15 is 0 Å². The lowest BCUT2D eigenvalue weighted by Crippen LogP contribution is -2.01. The molecule has 1 heterocycles. The Morgan fingerprint density at radius 3 is 2.19 bits per heavy atom. The predicted octanol–water partition coefficient (Wildman–Crippen LogP) is 3.64. The van der Waals surface area contributed by atoms with E-state index < -0.39 is 9.84 Å². The molecule has 27 heavy (non-hydrogen) atoms. The lowest BCUT2D eigenvalue weighted by Gasteiger charge is -2.07. The maximum absolute atomic E-state index is 12.6. The van der Waals surface area contributed by atoms with Crippen LogP contribution in [0.15, 0.2) is 83.1 Å². The highest BCUT2D eigenvalue weighted by atomic mass is 32.2. The van der Waals surface area contributed by atoms with Crippen LogP contribution in [0.2, 0.25) is 0 Å². The number of aromatic nitrogens is 1. The first-order valence-corrected chi connectivity index (χ1v) is 9.52. The van der Waals surface area contributed by atoms with Crippen LogP contribution in [-0.4, -0.2) is 24.3 Å². The van der Waals surface area contributed by atoms with Gasteiger partial charge in [-0.05, 0) is 60.7 Å². The number of hydrogen-bond donors (Lipinski definition) is 2. The molecule has 0 saturated heterocycles. The van der Waals surface area contributed by atoms with Gasteiger partial charge in [0.15, 0.2) is 11.7 Å². The average Bonchev–Trinajstić information content (AvgIpc) is 3.09. The van der Waals surface area contributed by atoms with Crippen LogP contribution in [0.4, 0.5) is 0 Å². The summed E-state index contributed by atoms with van der Waals surface area (Å²) in [4.78, 5) is 14.5. The molecule has 6 nitrogen and oxygen atoms in total. The van der Waals surface area contributed by atoms with Gasteiger partial charge in [-0.3, -0.25) is 4.79 Å². The highest BCUT2D eigenvalue weighted by molar-refractivity contribution is 7.91. The molecule has 0 amide bonds. The predicted molar refractivity (Wildman–Crippen MR) is 99.8 cm³/mol. The number of H-pyrrole nitrogens is 1. The fourth-order valence-corrected chi connectivity index (χ4v) is 3.68. The third-order valence-electron chi connectivity index (χ3n) is 3.82. The Labute approximate surface area is 156 Å². The highest BCUT2D eigenvalue weighted by Crippen LogP contribution is 2.26. The summed E-state index contributed by atoms with van der Waals surface area (Å²) >= 11 is 0. The minimum Gasteiger partial charge on any atom is -0.508 e. The van der Waals surface area contributed by atoms with Crippen molar-refractivity contribution in [2.45, 2.75) is 16.2 Å². The summed E-state index contributed by atoms with van der Waals surface area (Å²) in [6, 6.07) is 14.7. The normalized spacial score (nSPS) is 11.1. The van der Waals surface area contributed by atoms with E-state index in [4.69, 9.17) is 4.74 Å². The zero-order chi connectivity index (χ0) is 19.4. The standard InChI is InChI=1S/C20H17NO5S/c1-2-15(22)13-14-3-12-20(21-14)26-17-6-10-19(11-7-17)27(24,25)18-8-4-16(23)5-9-18/h2-12,21,23H,1,13H2. The van der Waals surface area contributed by atoms with Crippen molar-refractivity contribution in [2.24, 2.45) is 0 Å². The Morgan fingerprint density at radius 2 is 1.59 bits per heavy atom. The van der Waals surface area contributed by atoms with E-state index in [0.717, 1.165) is 0 Å². The molecule has 1 aromatic heterocycles. The lowest BCUT2D eigenvalue weighted by molar-refractivity contribution is -0.114. The van der Waals surface area contributed by atoms with E-state index in [9.17, 15) is 18.3 Å². The van der Waals surface area contributed by atoms with Crippen molar-refractivity contribution in [3.05, 3.63) is 79.0 Å². The number of aromatic amines is 1. The number of benzene rings is 2. The van der Waals surface area contributed by atoms with Gasteiger partial charge in [0.05, 0.1) is 16.2 Å². The van der Waals surface area contributed by atoms with Crippen LogP contribution in [0.25, 0.3) is 0 Å². The SMILES string of the molecule is C=CC(=O)Cc1ccc(Oc2ccc(S(=O)(=O)c3ccc(O)cc3)cc2)[nH]1. The number of sulfone groups is 1. The van der Waals surface area contributed by atoms with Crippen molar-refractivity contribution in [3.63, 3.8) is 0 Å². The van der Waals surface area contributed by atoms with Gasteiger partial charge in [-0.15, -0.1) is 0 Å². The summed E-state index contributed by atoms with van der Waals surface area (Å²) in [5.41, 5.74) is 0.696. The molecule has 138 valence electrons. The number of allylic oxidation sites excluding steroid dienone is 1. The number of ketones is 1. The van der Waals surface area contributed by atoms with Gasteiger partial charge >= 0.3 is 0 Å². The molecule has 0 aliphatic carbocycles. The van der Waals surface area contributed by atoms with E-state index in [2.05, 4.69) is 11.6 Å². The first-order chi connectivity index (χ1) is 12.9. The van der Waals surface area contributed by atoms with E-state index in [1.165, 1.54) is 42.5 Å². The maximum atomic E-state index is 12.6. The minimum absolute atomic E-state index is 0.00203. The summed E-state index contributed by atoms with van der Waals surface area (Å²) in [7, 11) is -3.68. The number of hydrogen-bond acceptors (Lipinski definition) is 5. The van der Waals surface area contributed by atoms with Crippen LogP contribution in [0.3, 0.4) is 0 Å². The molecule has 0 atom stereocenters. The van der Waals surface area contributed by atoms with Crippen LogP contribution in [0.1, 0.15) is 5.69 Å². The molecule has 0 radical (unpaired) electrons. The molecule has 7 heteroatoms. The van der Waals surface area contributed by atoms with E-state index in [1.54, 1.807) is 24.3 Å². The summed E-state index contributed by atoms with van der Waals surface area (Å²) in [6.07, 6.45) is 1.46. The second kappa shape index (κ2) is 7.51. The van der Waals surface area contributed by atoms with E-state index in [-0.39, 0.29) is 27.7 Å². The molecule has 3 aromatic rings. The monoisotopic (exact) mass is 383 g/mol. The fraction of sp³-hybridized carbons (Fsp3) is 0.0500. The quantitative estimate of drug-likeness (QED) is 0.607. The van der Waals surface area contributed by atoms with Crippen molar-refractivity contribution in [3.8, 4) is 17.4 Å². The molecule has 0 spiro atoms. The molecule has 0 unspecified atom stereocenters. The van der Waals surface area contributed by atoms with E-state index in [0.29, 0.717) is 17.3 Å². The van der Waals surface area contributed by atoms with Gasteiger partial charge in [-0.25, -0.2) is 8.42 Å². The maximum Gasteiger partial charge on any atom is 0.206 e. The Kier molecular flexibility index (Phi) is 5.14. The summed E-state index contributed by atoms with van der Waals surface area (Å²) in [6.45, 7) is 3.43. The fourth-order valence-electron chi connectivity index (χ4n) is 2.42. The zero-order valence-electron chi connectivity index (χ0n) is 14.3. The molecule has 3 rings (SSSR count). The number of ether oxygens (including phenoxy) is 1. The molecule has 0 aliphatic heterocycles. The number of aromatic hydroxyl groups is 1. The number of rotatable bonds is 7. The third kappa shape index (κ3) is 4.27. The lowest BCUT2D eigenvalue weighted by atomic mass is 10.2. The van der Waals surface area contributed by atoms with Crippen LogP contribution in [0.5, 0.6) is 17.4 Å². The van der Waals surface area contributed by atoms with Crippen molar-refractivity contribution in [2.75, 3.05) is 0 Å². The number of carbonyl (C=O) groups excluding carboxylic acids is 1. The zero-order valence-corrected chi connectivity index (χ0v) is 15.1. The molecule has 0 bridgehead atoms. The average molecular weight is 383 g/mol. The number of phenols is 1. The first kappa shape index (κ1) is 18.5. The molecule has 2 N–H and O–H groups in total. The van der Waals surface area contributed by atoms with Crippen molar-refractivity contribution in [1.82, 2.24) is 4.98 Å². The van der Waals surface area contributed by atoms with Crippen molar-refractivity contribution >= 4 is 15.6 Å². The van der Waals surface area contributed by atoms with E-state index in [1.807, 2.05) is 0 Å². The Morgan fingerprint density at radius 1 is 1.00 bits per heavy atom. The molecule has 0 fully saturated rings. The molecule has 2 aromatic carbocycles. The number of phenolic OH excluding ortho intramolecular Hbond substituents is 1. The summed E-state index contributed by atoms with van der Waals surface area (Å²) in [5, 5.41) is 9.30. The minimum atomic E-state index is -3.68. The van der Waals surface area contributed by atoms with Crippen LogP contribution >= 0.6 is 0 Å². The smallest absolute Gasteiger partial charge is 0.206 e. The Bertz CT molecular complexity index is 1060. The Hall–Kier alpha value is -3.32. The molecule has 0 saturated carbocycles. The second-order valence-corrected chi connectivity index (χ2v) is 7.72. The summed E-state index contributed by atoms with van der Waals surface area (Å²) in [5.74, 6) is 0.782. The molecular formula is C20H17NO5S. The van der Waals surface area contributed by atoms with Gasteiger partial charge in [0.1, 0.15) is 11.5 Å². The van der Waals surface area contributed by atoms with Crippen LogP contribution < -0.4 is 4.74 Å². The van der Waals surface area contributed by atoms with Crippen LogP contribution in [0, 0.1) is 0 Å². The van der Waals surface area contributed by atoms with Gasteiger partial charge in [0.25, 0.3) is 0 Å². The van der Waals surface area contributed by atoms with Crippen LogP contribution in [-0.2, 0) is 21.1 Å². The molecule has 0 aliphatic rings. The Balaban J connectivity index is 1.74. The second-order valence-electron chi connectivity index (χ2n) is 5.77. The van der Waals surface area contributed by atoms with Crippen molar-refractivity contribution in [1.29, 1.82) is 0 Å². The highest BCUT2D eigenvalue weighted by Gasteiger charge is 2.17. The molecular weight excluding hydrogens is 366 g/mol. The van der Waals surface area contributed by atoms with Gasteiger partial charge in [-0.1, -0.05) is 6.58 Å². The van der Waals surface area contributed by atoms with Crippen molar-refractivity contribution < 1.29 is 23.1 Å². The third-order valence-corrected chi connectivity index (χ3v) is 5.61. The number of carbonyl (C=O) groups is 1. The van der Waals surface area contributed by atoms with Gasteiger partial charge in [-0.2, -0.15) is 0 Å². The number of nitrogens with one attached hydrogen (secondary N) is 1. The summed E-state index contributed by atoms with van der Waals surface area (Å²) < 4.78 is 30.8. The van der Waals surface area contributed by atoms with Gasteiger partial charge in [0, 0.05) is 11.8 Å². The largest absolute Gasteiger partial charge is 0.508 e. The first-order valence-electron chi connectivity index (χ1n) is 8.04. The van der Waals surface area contributed by atoms with Gasteiger partial charge < -0.3 is 14.8 Å².